The third kappa shape index (κ3) is 4.66. The number of piperidine rings is 1. The molecule has 5 rings (SSSR count). The predicted octanol–water partition coefficient (Wildman–Crippen LogP) is 3.70. The number of hydrogen-bond donors (Lipinski definition) is 4. The van der Waals surface area contributed by atoms with Gasteiger partial charge in [0.25, 0.3) is 0 Å². The van der Waals surface area contributed by atoms with Gasteiger partial charge in [0, 0.05) is 37.8 Å². The molecule has 0 bridgehead atoms. The molecule has 9 nitrogen and oxygen atoms in total. The number of carbonyl (C=O) groups excluding carboxylic acids is 1. The Morgan fingerprint density at radius 1 is 1.19 bits per heavy atom. The minimum absolute atomic E-state index is 0.0308. The lowest BCUT2D eigenvalue weighted by atomic mass is 9.92. The molecule has 1 amide bonds. The van der Waals surface area contributed by atoms with Crippen molar-refractivity contribution in [2.24, 2.45) is 5.92 Å². The number of rotatable bonds is 6. The molecule has 2 aromatic heterocycles. The van der Waals surface area contributed by atoms with Crippen LogP contribution in [0.5, 0.6) is 0 Å². The van der Waals surface area contributed by atoms with Gasteiger partial charge >= 0.3 is 0 Å². The van der Waals surface area contributed by atoms with Crippen LogP contribution in [-0.2, 0) is 11.3 Å². The topological polar surface area (TPSA) is 125 Å². The standard InChI is InChI=1S/C26H29FN8O/c1-15-8-9-17(25(36)30-13-16-6-4-3-5-7-16)14-35(15)22-12-20(31-26(29-2)32-22)18-10-19(27)23-21(11-18)33-34-24(23)28/h3-7,10-12,15,17H,8-9,13-14H2,1-2H3,(H,30,36)(H3,28,33,34)(H,29,31,32)/t15-,17+/m1/s1. The van der Waals surface area contributed by atoms with Gasteiger partial charge in [0.05, 0.1) is 22.5 Å². The Morgan fingerprint density at radius 2 is 2.00 bits per heavy atom. The molecule has 1 saturated heterocycles. The minimum Gasteiger partial charge on any atom is -0.382 e. The molecule has 0 aliphatic carbocycles. The van der Waals surface area contributed by atoms with Crippen molar-refractivity contribution in [3.8, 4) is 11.3 Å². The van der Waals surface area contributed by atoms with Crippen LogP contribution < -0.4 is 21.3 Å². The number of amides is 1. The first kappa shape index (κ1) is 23.5. The molecule has 186 valence electrons. The van der Waals surface area contributed by atoms with Crippen molar-refractivity contribution in [3.63, 3.8) is 0 Å². The summed E-state index contributed by atoms with van der Waals surface area (Å²) in [4.78, 5) is 24.3. The highest BCUT2D eigenvalue weighted by Gasteiger charge is 2.31. The summed E-state index contributed by atoms with van der Waals surface area (Å²) in [5.74, 6) is 0.608. The van der Waals surface area contributed by atoms with Gasteiger partial charge in [0.1, 0.15) is 11.6 Å². The van der Waals surface area contributed by atoms with Crippen molar-refractivity contribution >= 4 is 34.4 Å². The highest BCUT2D eigenvalue weighted by Crippen LogP contribution is 2.32. The Morgan fingerprint density at radius 3 is 2.78 bits per heavy atom. The van der Waals surface area contributed by atoms with E-state index >= 15 is 0 Å². The molecule has 0 spiro atoms. The number of aromatic amines is 1. The van der Waals surface area contributed by atoms with Crippen LogP contribution in [-0.4, -0.2) is 45.7 Å². The molecule has 4 aromatic rings. The fourth-order valence-corrected chi connectivity index (χ4v) is 4.69. The maximum atomic E-state index is 14.8. The summed E-state index contributed by atoms with van der Waals surface area (Å²) in [6, 6.07) is 15.1. The molecule has 0 radical (unpaired) electrons. The smallest absolute Gasteiger partial charge is 0.225 e. The van der Waals surface area contributed by atoms with E-state index in [1.165, 1.54) is 6.07 Å². The monoisotopic (exact) mass is 488 g/mol. The lowest BCUT2D eigenvalue weighted by Crippen LogP contribution is -2.47. The van der Waals surface area contributed by atoms with Gasteiger partial charge in [-0.15, -0.1) is 0 Å². The molecule has 5 N–H and O–H groups in total. The number of fused-ring (bicyclic) bond motifs is 1. The highest BCUT2D eigenvalue weighted by molar-refractivity contribution is 5.92. The number of H-pyrrole nitrogens is 1. The number of nitrogen functional groups attached to an aromatic ring is 1. The van der Waals surface area contributed by atoms with Gasteiger partial charge in [-0.25, -0.2) is 9.37 Å². The largest absolute Gasteiger partial charge is 0.382 e. The van der Waals surface area contributed by atoms with Gasteiger partial charge in [0.15, 0.2) is 5.82 Å². The Bertz CT molecular complexity index is 1390. The van der Waals surface area contributed by atoms with Crippen LogP contribution in [0.3, 0.4) is 0 Å². The third-order valence-corrected chi connectivity index (χ3v) is 6.73. The number of carbonyl (C=O) groups is 1. The minimum atomic E-state index is -0.471. The molecular formula is C26H29FN8O. The maximum absolute atomic E-state index is 14.8. The van der Waals surface area contributed by atoms with Crippen molar-refractivity contribution in [2.75, 3.05) is 29.5 Å². The van der Waals surface area contributed by atoms with E-state index in [1.807, 2.05) is 36.4 Å². The molecule has 36 heavy (non-hydrogen) atoms. The van der Waals surface area contributed by atoms with Crippen molar-refractivity contribution < 1.29 is 9.18 Å². The van der Waals surface area contributed by atoms with Crippen LogP contribution in [0.1, 0.15) is 25.3 Å². The fraction of sp³-hybridized carbons (Fsp3) is 0.308. The van der Waals surface area contributed by atoms with Crippen LogP contribution in [0.4, 0.5) is 22.0 Å². The zero-order valence-electron chi connectivity index (χ0n) is 20.3. The molecule has 3 heterocycles. The van der Waals surface area contributed by atoms with Crippen molar-refractivity contribution in [2.45, 2.75) is 32.4 Å². The van der Waals surface area contributed by atoms with E-state index in [1.54, 1.807) is 13.1 Å². The number of anilines is 3. The second-order valence-electron chi connectivity index (χ2n) is 9.15. The molecule has 2 atom stereocenters. The maximum Gasteiger partial charge on any atom is 0.225 e. The van der Waals surface area contributed by atoms with Gasteiger partial charge < -0.3 is 21.3 Å². The average Bonchev–Trinajstić information content (AvgIpc) is 3.28. The summed E-state index contributed by atoms with van der Waals surface area (Å²) >= 11 is 0. The predicted molar refractivity (Wildman–Crippen MR) is 139 cm³/mol. The van der Waals surface area contributed by atoms with E-state index in [0.717, 1.165) is 18.4 Å². The lowest BCUT2D eigenvalue weighted by molar-refractivity contribution is -0.125. The molecule has 1 aliphatic heterocycles. The van der Waals surface area contributed by atoms with Gasteiger partial charge in [-0.1, -0.05) is 30.3 Å². The Labute approximate surface area is 208 Å². The first-order valence-electron chi connectivity index (χ1n) is 12.0. The van der Waals surface area contributed by atoms with E-state index in [4.69, 9.17) is 5.73 Å². The van der Waals surface area contributed by atoms with E-state index in [2.05, 4.69) is 42.6 Å². The number of aromatic nitrogens is 4. The zero-order chi connectivity index (χ0) is 25.2. The number of halogens is 1. The Balaban J connectivity index is 1.41. The van der Waals surface area contributed by atoms with Gasteiger partial charge in [-0.3, -0.25) is 9.89 Å². The summed E-state index contributed by atoms with van der Waals surface area (Å²) < 4.78 is 14.8. The summed E-state index contributed by atoms with van der Waals surface area (Å²) in [7, 11) is 1.74. The molecule has 10 heteroatoms. The first-order valence-corrected chi connectivity index (χ1v) is 12.0. The number of nitrogens with two attached hydrogens (primary N) is 1. The van der Waals surface area contributed by atoms with Crippen LogP contribution in [0.2, 0.25) is 0 Å². The molecule has 1 fully saturated rings. The lowest BCUT2D eigenvalue weighted by Gasteiger charge is -2.38. The summed E-state index contributed by atoms with van der Waals surface area (Å²) in [6.45, 7) is 3.16. The second-order valence-corrected chi connectivity index (χ2v) is 9.15. The SMILES string of the molecule is CNc1nc(-c2cc(F)c3c(N)n[nH]c3c2)cc(N2C[C@@H](C(=O)NCc3ccccc3)CC[C@H]2C)n1. The highest BCUT2D eigenvalue weighted by atomic mass is 19.1. The number of hydrogen-bond acceptors (Lipinski definition) is 7. The molecular weight excluding hydrogens is 459 g/mol. The third-order valence-electron chi connectivity index (χ3n) is 6.73. The van der Waals surface area contributed by atoms with Crippen LogP contribution >= 0.6 is 0 Å². The van der Waals surface area contributed by atoms with Crippen LogP contribution in [0.25, 0.3) is 22.2 Å². The summed E-state index contributed by atoms with van der Waals surface area (Å²) in [5, 5.41) is 13.0. The Hall–Kier alpha value is -4.21. The van der Waals surface area contributed by atoms with E-state index in [-0.39, 0.29) is 29.1 Å². The number of benzene rings is 2. The zero-order valence-corrected chi connectivity index (χ0v) is 20.3. The van der Waals surface area contributed by atoms with Crippen LogP contribution in [0.15, 0.2) is 48.5 Å². The van der Waals surface area contributed by atoms with Gasteiger partial charge in [-0.05, 0) is 37.5 Å². The van der Waals surface area contributed by atoms with Crippen molar-refractivity contribution in [1.82, 2.24) is 25.5 Å². The first-order chi connectivity index (χ1) is 17.4. The van der Waals surface area contributed by atoms with Crippen molar-refractivity contribution in [1.29, 1.82) is 0 Å². The molecule has 0 saturated carbocycles. The summed E-state index contributed by atoms with van der Waals surface area (Å²) in [6.07, 6.45) is 1.66. The molecule has 1 aliphatic rings. The summed E-state index contributed by atoms with van der Waals surface area (Å²) in [5.41, 5.74) is 8.47. The second kappa shape index (κ2) is 9.80. The van der Waals surface area contributed by atoms with Gasteiger partial charge in [-0.2, -0.15) is 10.1 Å². The fourth-order valence-electron chi connectivity index (χ4n) is 4.69. The number of nitrogens with zero attached hydrogens (tertiary/aromatic N) is 4. The van der Waals surface area contributed by atoms with Gasteiger partial charge in [0.2, 0.25) is 11.9 Å². The average molecular weight is 489 g/mol. The molecule has 0 unspecified atom stereocenters. The Kier molecular flexibility index (Phi) is 6.41. The van der Waals surface area contributed by atoms with E-state index < -0.39 is 5.82 Å². The van der Waals surface area contributed by atoms with Crippen LogP contribution in [0, 0.1) is 11.7 Å². The van der Waals surface area contributed by atoms with Crippen molar-refractivity contribution in [3.05, 3.63) is 59.9 Å². The quantitative estimate of drug-likeness (QED) is 0.326. The van der Waals surface area contributed by atoms with E-state index in [0.29, 0.717) is 41.6 Å². The number of nitrogens with one attached hydrogen (secondary N) is 3. The normalized spacial score (nSPS) is 17.8. The van der Waals surface area contributed by atoms with E-state index in [9.17, 15) is 9.18 Å². The molecule has 2 aromatic carbocycles.